The Morgan fingerprint density at radius 3 is 2.62 bits per heavy atom. The minimum absolute atomic E-state index is 0.152. The molecule has 2 N–H and O–H groups in total. The number of carbonyl (C=O) groups excluding carboxylic acids is 2. The summed E-state index contributed by atoms with van der Waals surface area (Å²) in [7, 11) is 1.81. The Morgan fingerprint density at radius 2 is 1.88 bits per heavy atom. The van der Waals surface area contributed by atoms with Crippen molar-refractivity contribution in [2.45, 2.75) is 13.3 Å². The van der Waals surface area contributed by atoms with E-state index < -0.39 is 0 Å². The SMILES string of the molecule is Cc1ccc(NC(=O)CCNC(=O)c2ccc3c(c2)nc(Cl)n3C)cc1. The number of rotatable bonds is 5. The Hall–Kier alpha value is -2.86. The van der Waals surface area contributed by atoms with Crippen LogP contribution in [0, 0.1) is 6.92 Å². The molecule has 0 aliphatic carbocycles. The zero-order chi connectivity index (χ0) is 18.7. The molecule has 2 aromatic carbocycles. The molecule has 26 heavy (non-hydrogen) atoms. The zero-order valence-electron chi connectivity index (χ0n) is 14.5. The van der Waals surface area contributed by atoms with Crippen LogP contribution in [0.15, 0.2) is 42.5 Å². The lowest BCUT2D eigenvalue weighted by Gasteiger charge is -2.07. The second-order valence-electron chi connectivity index (χ2n) is 6.06. The summed E-state index contributed by atoms with van der Waals surface area (Å²) in [6.45, 7) is 2.23. The predicted octanol–water partition coefficient (Wildman–Crippen LogP) is 3.29. The first kappa shape index (κ1) is 17.9. The second kappa shape index (κ2) is 7.58. The van der Waals surface area contributed by atoms with Gasteiger partial charge in [-0.05, 0) is 48.9 Å². The lowest BCUT2D eigenvalue weighted by Crippen LogP contribution is -2.27. The average molecular weight is 371 g/mol. The summed E-state index contributed by atoms with van der Waals surface area (Å²) in [5, 5.41) is 5.91. The first-order valence-electron chi connectivity index (χ1n) is 8.21. The molecule has 1 aromatic heterocycles. The number of amides is 2. The maximum absolute atomic E-state index is 12.2. The van der Waals surface area contributed by atoms with E-state index in [2.05, 4.69) is 15.6 Å². The van der Waals surface area contributed by atoms with E-state index in [4.69, 9.17) is 11.6 Å². The topological polar surface area (TPSA) is 76.0 Å². The molecule has 3 aromatic rings. The Labute approximate surface area is 156 Å². The van der Waals surface area contributed by atoms with Crippen LogP contribution >= 0.6 is 11.6 Å². The minimum Gasteiger partial charge on any atom is -0.352 e. The molecule has 2 amide bonds. The fraction of sp³-hybridized carbons (Fsp3) is 0.211. The van der Waals surface area contributed by atoms with Crippen molar-refractivity contribution in [1.82, 2.24) is 14.9 Å². The van der Waals surface area contributed by atoms with Crippen molar-refractivity contribution < 1.29 is 9.59 Å². The lowest BCUT2D eigenvalue weighted by molar-refractivity contribution is -0.116. The van der Waals surface area contributed by atoms with Crippen LogP contribution < -0.4 is 10.6 Å². The van der Waals surface area contributed by atoms with Crippen LogP contribution in [-0.4, -0.2) is 27.9 Å². The summed E-state index contributed by atoms with van der Waals surface area (Å²) in [6.07, 6.45) is 0.192. The van der Waals surface area contributed by atoms with Crippen molar-refractivity contribution >= 4 is 40.1 Å². The molecule has 0 aliphatic heterocycles. The zero-order valence-corrected chi connectivity index (χ0v) is 15.3. The van der Waals surface area contributed by atoms with E-state index in [9.17, 15) is 9.59 Å². The highest BCUT2D eigenvalue weighted by molar-refractivity contribution is 6.29. The van der Waals surface area contributed by atoms with E-state index in [-0.39, 0.29) is 24.8 Å². The molecule has 0 bridgehead atoms. The van der Waals surface area contributed by atoms with Crippen molar-refractivity contribution in [3.05, 3.63) is 58.9 Å². The Balaban J connectivity index is 1.53. The van der Waals surface area contributed by atoms with Crippen LogP contribution in [0.25, 0.3) is 11.0 Å². The van der Waals surface area contributed by atoms with Gasteiger partial charge in [-0.1, -0.05) is 17.7 Å². The number of halogens is 1. The molecule has 0 saturated heterocycles. The Morgan fingerprint density at radius 1 is 1.15 bits per heavy atom. The first-order chi connectivity index (χ1) is 12.4. The third kappa shape index (κ3) is 4.03. The number of hydrogen-bond acceptors (Lipinski definition) is 3. The van der Waals surface area contributed by atoms with Crippen LogP contribution in [0.4, 0.5) is 5.69 Å². The number of carbonyl (C=O) groups is 2. The van der Waals surface area contributed by atoms with Crippen molar-refractivity contribution in [2.24, 2.45) is 7.05 Å². The molecule has 3 rings (SSSR count). The summed E-state index contributed by atoms with van der Waals surface area (Å²) in [6, 6.07) is 12.7. The molecular formula is C19H19ClN4O2. The van der Waals surface area contributed by atoms with Gasteiger partial charge in [0.1, 0.15) is 0 Å². The average Bonchev–Trinajstić information content (AvgIpc) is 2.90. The van der Waals surface area contributed by atoms with E-state index in [1.165, 1.54) is 0 Å². The predicted molar refractivity (Wildman–Crippen MR) is 102 cm³/mol. The highest BCUT2D eigenvalue weighted by atomic mass is 35.5. The molecule has 6 nitrogen and oxygen atoms in total. The highest BCUT2D eigenvalue weighted by Gasteiger charge is 2.11. The summed E-state index contributed by atoms with van der Waals surface area (Å²) in [5.41, 5.74) is 3.85. The van der Waals surface area contributed by atoms with Crippen molar-refractivity contribution in [3.63, 3.8) is 0 Å². The summed E-state index contributed by atoms with van der Waals surface area (Å²) >= 11 is 5.98. The van der Waals surface area contributed by atoms with Crippen molar-refractivity contribution in [2.75, 3.05) is 11.9 Å². The van der Waals surface area contributed by atoms with Gasteiger partial charge in [-0.3, -0.25) is 9.59 Å². The number of nitrogens with zero attached hydrogens (tertiary/aromatic N) is 2. The number of anilines is 1. The lowest BCUT2D eigenvalue weighted by atomic mass is 10.2. The fourth-order valence-corrected chi connectivity index (χ4v) is 2.75. The summed E-state index contributed by atoms with van der Waals surface area (Å²) in [4.78, 5) is 28.4. The van der Waals surface area contributed by atoms with Gasteiger partial charge >= 0.3 is 0 Å². The third-order valence-corrected chi connectivity index (χ3v) is 4.40. The maximum atomic E-state index is 12.2. The standard InChI is InChI=1S/C19H19ClN4O2/c1-12-3-6-14(7-4-12)22-17(25)9-10-21-18(26)13-5-8-16-15(11-13)23-19(20)24(16)2/h3-8,11H,9-10H2,1-2H3,(H,21,26)(H,22,25). The molecule has 134 valence electrons. The summed E-state index contributed by atoms with van der Waals surface area (Å²) in [5.74, 6) is -0.405. The molecule has 0 radical (unpaired) electrons. The van der Waals surface area contributed by atoms with E-state index in [1.807, 2.05) is 38.2 Å². The number of aryl methyl sites for hydroxylation is 2. The Kier molecular flexibility index (Phi) is 5.23. The minimum atomic E-state index is -0.253. The summed E-state index contributed by atoms with van der Waals surface area (Å²) < 4.78 is 1.74. The molecule has 0 atom stereocenters. The van der Waals surface area contributed by atoms with Gasteiger partial charge in [0.2, 0.25) is 11.2 Å². The normalized spacial score (nSPS) is 10.7. The number of aromatic nitrogens is 2. The van der Waals surface area contributed by atoms with Crippen molar-refractivity contribution in [1.29, 1.82) is 0 Å². The number of hydrogen-bond donors (Lipinski definition) is 2. The van der Waals surface area contributed by atoms with Crippen LogP contribution in [0.3, 0.4) is 0 Å². The molecule has 1 heterocycles. The van der Waals surface area contributed by atoms with Crippen LogP contribution in [0.5, 0.6) is 0 Å². The number of nitrogens with one attached hydrogen (secondary N) is 2. The van der Waals surface area contributed by atoms with Gasteiger partial charge in [-0.2, -0.15) is 0 Å². The number of fused-ring (bicyclic) bond motifs is 1. The van der Waals surface area contributed by atoms with Gasteiger partial charge in [-0.15, -0.1) is 0 Å². The first-order valence-corrected chi connectivity index (χ1v) is 8.58. The van der Waals surface area contributed by atoms with E-state index in [0.717, 1.165) is 16.8 Å². The molecule has 7 heteroatoms. The van der Waals surface area contributed by atoms with Gasteiger partial charge in [0.05, 0.1) is 11.0 Å². The van der Waals surface area contributed by atoms with Crippen molar-refractivity contribution in [3.8, 4) is 0 Å². The van der Waals surface area contributed by atoms with Crippen LogP contribution in [-0.2, 0) is 11.8 Å². The van der Waals surface area contributed by atoms with Gasteiger partial charge in [-0.25, -0.2) is 4.98 Å². The van der Waals surface area contributed by atoms with E-state index >= 15 is 0 Å². The van der Waals surface area contributed by atoms with E-state index in [0.29, 0.717) is 16.4 Å². The largest absolute Gasteiger partial charge is 0.352 e. The van der Waals surface area contributed by atoms with Gasteiger partial charge in [0.15, 0.2) is 0 Å². The third-order valence-electron chi connectivity index (χ3n) is 4.06. The quantitative estimate of drug-likeness (QED) is 0.723. The second-order valence-corrected chi connectivity index (χ2v) is 6.40. The molecule has 0 saturated carbocycles. The molecule has 0 aliphatic rings. The smallest absolute Gasteiger partial charge is 0.251 e. The van der Waals surface area contributed by atoms with Crippen LogP contribution in [0.2, 0.25) is 5.28 Å². The molecule has 0 spiro atoms. The molecule has 0 fully saturated rings. The fourth-order valence-electron chi connectivity index (χ4n) is 2.56. The number of imidazole rings is 1. The Bertz CT molecular complexity index is 964. The van der Waals surface area contributed by atoms with Crippen LogP contribution in [0.1, 0.15) is 22.3 Å². The van der Waals surface area contributed by atoms with Gasteiger partial charge in [0, 0.05) is 31.3 Å². The molecule has 0 unspecified atom stereocenters. The molecular weight excluding hydrogens is 352 g/mol. The monoisotopic (exact) mass is 370 g/mol. The van der Waals surface area contributed by atoms with Gasteiger partial charge in [0.25, 0.3) is 5.91 Å². The maximum Gasteiger partial charge on any atom is 0.251 e. The van der Waals surface area contributed by atoms with Gasteiger partial charge < -0.3 is 15.2 Å². The highest BCUT2D eigenvalue weighted by Crippen LogP contribution is 2.19. The van der Waals surface area contributed by atoms with E-state index in [1.54, 1.807) is 22.8 Å². The number of benzene rings is 2.